The molecule has 0 radical (unpaired) electrons. The summed E-state index contributed by atoms with van der Waals surface area (Å²) in [7, 11) is 1.40. The predicted molar refractivity (Wildman–Crippen MR) is 200 cm³/mol. The molecule has 5 heterocycles. The lowest BCUT2D eigenvalue weighted by Gasteiger charge is -2.49. The number of aromatic hydroxyl groups is 1. The minimum Gasteiger partial charge on any atom is -0.508 e. The first-order chi connectivity index (χ1) is 26.1. The molecular formula is C41H47F2N5O6. The van der Waals surface area contributed by atoms with Gasteiger partial charge >= 0.3 is 6.01 Å². The summed E-state index contributed by atoms with van der Waals surface area (Å²) < 4.78 is 56.3. The van der Waals surface area contributed by atoms with Crippen LogP contribution in [0.2, 0.25) is 0 Å². The Morgan fingerprint density at radius 1 is 1.00 bits per heavy atom. The Hall–Kier alpha value is -4.35. The van der Waals surface area contributed by atoms with E-state index in [1.54, 1.807) is 6.92 Å². The standard InChI is InChI=1S/C41H47F2N5O6/c1-4-28-30(42)11-10-25-20-27(49)21-29(32(25)28)35-34(43)36-33(38(44-35)51-3)37(47-16-19-53-23-40(2,50)22-47)46-39(45-36)54-24-41-13-5-9-31(41)48(15-7-14-41)26-8-6-17-52-18-12-26/h1,10-11,20-21,26,31,49-50H,5-9,12-19,22-24H2,2-3H3. The van der Waals surface area contributed by atoms with Crippen LogP contribution < -0.4 is 14.4 Å². The van der Waals surface area contributed by atoms with Gasteiger partial charge in [0.25, 0.3) is 0 Å². The van der Waals surface area contributed by atoms with Crippen LogP contribution in [0.1, 0.15) is 63.9 Å². The van der Waals surface area contributed by atoms with Crippen molar-refractivity contribution in [2.75, 3.05) is 64.7 Å². The number of pyridine rings is 1. The van der Waals surface area contributed by atoms with Crippen molar-refractivity contribution in [3.8, 4) is 41.2 Å². The number of methoxy groups -OCH3 is 1. The third-order valence-corrected chi connectivity index (χ3v) is 11.8. The molecule has 54 heavy (non-hydrogen) atoms. The van der Waals surface area contributed by atoms with Crippen LogP contribution in [0.5, 0.6) is 17.6 Å². The van der Waals surface area contributed by atoms with Gasteiger partial charge in [-0.1, -0.05) is 18.4 Å². The van der Waals surface area contributed by atoms with Crippen molar-refractivity contribution in [1.29, 1.82) is 0 Å². The van der Waals surface area contributed by atoms with Gasteiger partial charge < -0.3 is 34.1 Å². The molecular weight excluding hydrogens is 696 g/mol. The highest BCUT2D eigenvalue weighted by atomic mass is 19.1. The number of hydrogen-bond acceptors (Lipinski definition) is 11. The number of piperidine rings is 1. The topological polar surface area (TPSA) is 123 Å². The van der Waals surface area contributed by atoms with Crippen LogP contribution in [-0.2, 0) is 9.47 Å². The normalized spacial score (nSPS) is 26.6. The van der Waals surface area contributed by atoms with E-state index in [2.05, 4.69) is 15.8 Å². The van der Waals surface area contributed by atoms with E-state index in [-0.39, 0.29) is 81.7 Å². The highest BCUT2D eigenvalue weighted by Gasteiger charge is 2.50. The largest absolute Gasteiger partial charge is 0.508 e. The number of halogens is 2. The van der Waals surface area contributed by atoms with E-state index in [4.69, 9.17) is 35.3 Å². The SMILES string of the molecule is C#Cc1c(F)ccc2cc(O)cc(-c3nc(OC)c4c(N5CCOCC(C)(O)C5)nc(OCC56CCCC5N(C5CCCOCC5)CCC6)nc4c3F)c12. The summed E-state index contributed by atoms with van der Waals surface area (Å²) in [5, 5.41) is 22.7. The summed E-state index contributed by atoms with van der Waals surface area (Å²) in [6.45, 7) is 5.54. The number of aromatic nitrogens is 3. The summed E-state index contributed by atoms with van der Waals surface area (Å²) in [6, 6.07) is 6.22. The minimum atomic E-state index is -1.24. The maximum absolute atomic E-state index is 17.3. The molecule has 1 saturated carbocycles. The van der Waals surface area contributed by atoms with E-state index in [0.717, 1.165) is 71.1 Å². The number of fused-ring (bicyclic) bond motifs is 3. The monoisotopic (exact) mass is 743 g/mol. The van der Waals surface area contributed by atoms with Crippen molar-refractivity contribution in [2.45, 2.75) is 76.0 Å². The second-order valence-electron chi connectivity index (χ2n) is 15.6. The van der Waals surface area contributed by atoms with Crippen molar-refractivity contribution < 1.29 is 37.9 Å². The van der Waals surface area contributed by atoms with Crippen LogP contribution in [0.3, 0.4) is 0 Å². The Kier molecular flexibility index (Phi) is 9.98. The zero-order valence-corrected chi connectivity index (χ0v) is 30.9. The first kappa shape index (κ1) is 36.6. The molecule has 0 amide bonds. The number of anilines is 1. The smallest absolute Gasteiger partial charge is 0.319 e. The first-order valence-corrected chi connectivity index (χ1v) is 19.0. The van der Waals surface area contributed by atoms with E-state index < -0.39 is 17.2 Å². The number of hydrogen-bond donors (Lipinski definition) is 2. The van der Waals surface area contributed by atoms with Gasteiger partial charge in [0.2, 0.25) is 5.88 Å². The number of rotatable bonds is 7. The second kappa shape index (κ2) is 14.7. The van der Waals surface area contributed by atoms with E-state index in [0.29, 0.717) is 30.6 Å². The molecule has 0 bridgehead atoms. The Morgan fingerprint density at radius 2 is 1.85 bits per heavy atom. The van der Waals surface area contributed by atoms with Gasteiger partial charge in [-0.3, -0.25) is 4.90 Å². The molecule has 4 aromatic rings. The summed E-state index contributed by atoms with van der Waals surface area (Å²) in [5.74, 6) is 0.945. The van der Waals surface area contributed by atoms with Gasteiger partial charge in [-0.15, -0.1) is 6.42 Å². The summed E-state index contributed by atoms with van der Waals surface area (Å²) >= 11 is 0. The van der Waals surface area contributed by atoms with Gasteiger partial charge in [0.1, 0.15) is 39.6 Å². The number of aliphatic hydroxyl groups is 1. The van der Waals surface area contributed by atoms with Crippen molar-refractivity contribution in [3.05, 3.63) is 41.5 Å². The third-order valence-electron chi connectivity index (χ3n) is 11.8. The van der Waals surface area contributed by atoms with Crippen molar-refractivity contribution in [1.82, 2.24) is 19.9 Å². The number of β-amino-alcohol motifs (C(OH)–C–C–N with tert-alkyl or cyclic N) is 1. The molecule has 11 nitrogen and oxygen atoms in total. The molecule has 4 unspecified atom stereocenters. The lowest BCUT2D eigenvalue weighted by molar-refractivity contribution is -0.0266. The predicted octanol–water partition coefficient (Wildman–Crippen LogP) is 5.99. The molecule has 8 rings (SSSR count). The average Bonchev–Trinajstić information content (AvgIpc) is 3.28. The molecule has 4 atom stereocenters. The fourth-order valence-corrected chi connectivity index (χ4v) is 9.46. The third kappa shape index (κ3) is 6.67. The van der Waals surface area contributed by atoms with Gasteiger partial charge in [-0.25, -0.2) is 13.8 Å². The molecule has 2 aromatic heterocycles. The minimum absolute atomic E-state index is 0.00679. The van der Waals surface area contributed by atoms with Gasteiger partial charge in [0.15, 0.2) is 5.82 Å². The van der Waals surface area contributed by atoms with Crippen LogP contribution in [0.4, 0.5) is 14.6 Å². The highest BCUT2D eigenvalue weighted by molar-refractivity contribution is 6.04. The van der Waals surface area contributed by atoms with Crippen LogP contribution in [0.25, 0.3) is 32.9 Å². The Labute approximate surface area is 313 Å². The summed E-state index contributed by atoms with van der Waals surface area (Å²) in [6.07, 6.45) is 14.2. The fourth-order valence-electron chi connectivity index (χ4n) is 9.46. The zero-order chi connectivity index (χ0) is 37.6. The number of nitrogens with zero attached hydrogens (tertiary/aromatic N) is 5. The second-order valence-corrected chi connectivity index (χ2v) is 15.6. The van der Waals surface area contributed by atoms with Gasteiger partial charge in [-0.2, -0.15) is 9.97 Å². The number of phenols is 1. The van der Waals surface area contributed by atoms with Crippen LogP contribution in [0.15, 0.2) is 24.3 Å². The molecule has 3 saturated heterocycles. The van der Waals surface area contributed by atoms with E-state index >= 15 is 8.78 Å². The maximum Gasteiger partial charge on any atom is 0.319 e. The quantitative estimate of drug-likeness (QED) is 0.217. The van der Waals surface area contributed by atoms with E-state index in [9.17, 15) is 10.2 Å². The highest BCUT2D eigenvalue weighted by Crippen LogP contribution is 2.50. The number of likely N-dealkylation sites (tertiary alicyclic amines) is 1. The Balaban J connectivity index is 1.26. The molecule has 286 valence electrons. The van der Waals surface area contributed by atoms with Crippen LogP contribution in [-0.4, -0.2) is 108 Å². The summed E-state index contributed by atoms with van der Waals surface area (Å²) in [4.78, 5) is 18.7. The van der Waals surface area contributed by atoms with Crippen molar-refractivity contribution in [2.24, 2.45) is 5.41 Å². The van der Waals surface area contributed by atoms with Gasteiger partial charge in [0.05, 0.1) is 39.0 Å². The maximum atomic E-state index is 17.3. The van der Waals surface area contributed by atoms with Crippen molar-refractivity contribution >= 4 is 27.5 Å². The van der Waals surface area contributed by atoms with Crippen LogP contribution in [0, 0.1) is 29.4 Å². The van der Waals surface area contributed by atoms with Gasteiger partial charge in [-0.05, 0) is 82.0 Å². The summed E-state index contributed by atoms with van der Waals surface area (Å²) in [5.41, 5.74) is -1.75. The fraction of sp³-hybridized carbons (Fsp3) is 0.537. The molecule has 3 aliphatic heterocycles. The average molecular weight is 744 g/mol. The molecule has 13 heteroatoms. The Morgan fingerprint density at radius 3 is 2.69 bits per heavy atom. The molecule has 1 aliphatic carbocycles. The number of ether oxygens (including phenoxy) is 4. The van der Waals surface area contributed by atoms with E-state index in [1.807, 2.05) is 4.90 Å². The van der Waals surface area contributed by atoms with Crippen molar-refractivity contribution in [3.63, 3.8) is 0 Å². The lowest BCUT2D eigenvalue weighted by Crippen LogP contribution is -2.55. The molecule has 0 spiro atoms. The van der Waals surface area contributed by atoms with Gasteiger partial charge in [0, 0.05) is 48.2 Å². The molecule has 4 aliphatic rings. The molecule has 4 fully saturated rings. The molecule has 2 N–H and O–H groups in total. The Bertz CT molecular complexity index is 2100. The zero-order valence-electron chi connectivity index (χ0n) is 30.9. The lowest BCUT2D eigenvalue weighted by atomic mass is 9.74. The number of phenolic OH excluding ortho intramolecular Hbond substituents is 1. The number of terminal acetylenes is 1. The number of benzene rings is 2. The van der Waals surface area contributed by atoms with Crippen LogP contribution >= 0.6 is 0 Å². The first-order valence-electron chi connectivity index (χ1n) is 19.0. The van der Waals surface area contributed by atoms with E-state index in [1.165, 1.54) is 31.4 Å². The molecule has 2 aromatic carbocycles.